The van der Waals surface area contributed by atoms with E-state index < -0.39 is 0 Å². The Hall–Kier alpha value is -2.24. The summed E-state index contributed by atoms with van der Waals surface area (Å²) in [6, 6.07) is 1.82. The molecule has 0 aromatic carbocycles. The first kappa shape index (κ1) is 15.2. The van der Waals surface area contributed by atoms with Crippen molar-refractivity contribution in [3.05, 3.63) is 28.8 Å². The van der Waals surface area contributed by atoms with Gasteiger partial charge in [-0.05, 0) is 25.3 Å². The molecule has 21 heavy (non-hydrogen) atoms. The second-order valence-electron chi connectivity index (χ2n) is 6.21. The van der Waals surface area contributed by atoms with E-state index in [1.54, 1.807) is 0 Å². The van der Waals surface area contributed by atoms with E-state index in [2.05, 4.69) is 15.0 Å². The number of nitrogens with two attached hydrogens (primary N) is 1. The number of Topliss-reactive ketones (excluding diaryl/α,β-unsaturated/α-hetero) is 1. The lowest BCUT2D eigenvalue weighted by molar-refractivity contribution is -0.117. The molecule has 0 spiro atoms. The summed E-state index contributed by atoms with van der Waals surface area (Å²) in [6.45, 7) is 7.51. The first-order chi connectivity index (χ1) is 9.68. The van der Waals surface area contributed by atoms with Crippen LogP contribution in [0.4, 0.5) is 5.95 Å². The average Bonchev–Trinajstić information content (AvgIpc) is 2.23. The Morgan fingerprint density at radius 3 is 2.38 bits per heavy atom. The van der Waals surface area contributed by atoms with Crippen molar-refractivity contribution in [3.63, 3.8) is 0 Å². The molecule has 6 nitrogen and oxygen atoms in total. The quantitative estimate of drug-likeness (QED) is 0.642. The van der Waals surface area contributed by atoms with Gasteiger partial charge in [0, 0.05) is 24.2 Å². The molecule has 0 fully saturated rings. The maximum atomic E-state index is 12.2. The van der Waals surface area contributed by atoms with Crippen LogP contribution < -0.4 is 5.73 Å². The summed E-state index contributed by atoms with van der Waals surface area (Å²) in [7, 11) is 0. The average molecular weight is 288 g/mol. The number of aliphatic hydroxyl groups is 1. The number of hydrogen-bond donors (Lipinski definition) is 2. The number of ketones is 1. The van der Waals surface area contributed by atoms with Crippen molar-refractivity contribution in [1.82, 2.24) is 9.97 Å². The molecule has 0 aliphatic heterocycles. The van der Waals surface area contributed by atoms with Gasteiger partial charge < -0.3 is 10.8 Å². The number of carbonyl (C=O) groups is 1. The van der Waals surface area contributed by atoms with Crippen LogP contribution in [0.2, 0.25) is 0 Å². The molecule has 0 saturated carbocycles. The van der Waals surface area contributed by atoms with Crippen LogP contribution in [0.5, 0.6) is 0 Å². The predicted octanol–water partition coefficient (Wildman–Crippen LogP) is 2.28. The Labute approximate surface area is 123 Å². The summed E-state index contributed by atoms with van der Waals surface area (Å²) in [5.74, 6) is -0.0443. The minimum absolute atomic E-state index is 0.0122. The zero-order valence-electron chi connectivity index (χ0n) is 12.8. The van der Waals surface area contributed by atoms with Crippen molar-refractivity contribution in [1.29, 1.82) is 0 Å². The van der Waals surface area contributed by atoms with Gasteiger partial charge in [-0.1, -0.05) is 13.8 Å². The zero-order valence-corrected chi connectivity index (χ0v) is 12.8. The summed E-state index contributed by atoms with van der Waals surface area (Å²) in [5, 5.41) is 10.1. The standard InChI is InChI=1S/C15H20N4O2/c1-8-5-9(2)18-14(17-8)19-13(16)12-10(20)6-15(3,4)7-11(12)21/h5,20H,6-7H2,1-4H3,(H2,16,17,18,19). The van der Waals surface area contributed by atoms with Crippen LogP contribution in [0.1, 0.15) is 38.1 Å². The fourth-order valence-corrected chi connectivity index (χ4v) is 2.50. The molecule has 0 atom stereocenters. The van der Waals surface area contributed by atoms with E-state index in [0.29, 0.717) is 12.8 Å². The highest BCUT2D eigenvalue weighted by Crippen LogP contribution is 2.35. The normalized spacial score (nSPS) is 19.0. The van der Waals surface area contributed by atoms with Gasteiger partial charge >= 0.3 is 0 Å². The third-order valence-electron chi connectivity index (χ3n) is 3.30. The monoisotopic (exact) mass is 288 g/mol. The molecular weight excluding hydrogens is 268 g/mol. The van der Waals surface area contributed by atoms with Crippen LogP contribution in [0, 0.1) is 19.3 Å². The Kier molecular flexibility index (Phi) is 3.80. The summed E-state index contributed by atoms with van der Waals surface area (Å²) < 4.78 is 0. The van der Waals surface area contributed by atoms with E-state index in [4.69, 9.17) is 5.73 Å². The third kappa shape index (κ3) is 3.45. The summed E-state index contributed by atoms with van der Waals surface area (Å²) in [6.07, 6.45) is 0.730. The van der Waals surface area contributed by atoms with Crippen molar-refractivity contribution < 1.29 is 9.90 Å². The van der Waals surface area contributed by atoms with Gasteiger partial charge in [-0.3, -0.25) is 4.79 Å². The number of aryl methyl sites for hydroxylation is 2. The van der Waals surface area contributed by atoms with E-state index >= 15 is 0 Å². The number of aliphatic hydroxyl groups excluding tert-OH is 1. The highest BCUT2D eigenvalue weighted by Gasteiger charge is 2.34. The number of aliphatic imine (C=N–C) groups is 1. The molecule has 6 heteroatoms. The summed E-state index contributed by atoms with van der Waals surface area (Å²) >= 11 is 0. The summed E-state index contributed by atoms with van der Waals surface area (Å²) in [5.41, 5.74) is 7.25. The van der Waals surface area contributed by atoms with E-state index in [1.165, 1.54) is 0 Å². The maximum Gasteiger partial charge on any atom is 0.251 e. The molecule has 0 bridgehead atoms. The number of allylic oxidation sites excluding steroid dienone is 1. The lowest BCUT2D eigenvalue weighted by Gasteiger charge is -2.29. The van der Waals surface area contributed by atoms with E-state index in [-0.39, 0.29) is 34.3 Å². The number of hydrogen-bond acceptors (Lipinski definition) is 5. The predicted molar refractivity (Wildman–Crippen MR) is 80.5 cm³/mol. The van der Waals surface area contributed by atoms with Crippen LogP contribution in [0.25, 0.3) is 0 Å². The lowest BCUT2D eigenvalue weighted by atomic mass is 9.76. The topological polar surface area (TPSA) is 101 Å². The fraction of sp³-hybridized carbons (Fsp3) is 0.467. The minimum Gasteiger partial charge on any atom is -0.511 e. The van der Waals surface area contributed by atoms with Crippen molar-refractivity contribution in [2.75, 3.05) is 0 Å². The van der Waals surface area contributed by atoms with Crippen LogP contribution in [-0.4, -0.2) is 26.7 Å². The zero-order chi connectivity index (χ0) is 15.8. The van der Waals surface area contributed by atoms with Gasteiger partial charge in [-0.2, -0.15) is 4.99 Å². The second kappa shape index (κ2) is 5.27. The first-order valence-electron chi connectivity index (χ1n) is 6.80. The Morgan fingerprint density at radius 1 is 1.29 bits per heavy atom. The molecule has 1 aromatic heterocycles. The van der Waals surface area contributed by atoms with Crippen LogP contribution >= 0.6 is 0 Å². The lowest BCUT2D eigenvalue weighted by Crippen LogP contribution is -2.32. The number of carbonyl (C=O) groups excluding carboxylic acids is 1. The van der Waals surface area contributed by atoms with Gasteiger partial charge in [0.05, 0.1) is 5.57 Å². The molecule has 0 amide bonds. The number of amidine groups is 1. The van der Waals surface area contributed by atoms with E-state index in [1.807, 2.05) is 33.8 Å². The number of aromatic nitrogens is 2. The molecule has 0 unspecified atom stereocenters. The summed E-state index contributed by atoms with van der Waals surface area (Å²) in [4.78, 5) is 24.6. The molecule has 1 heterocycles. The molecule has 1 aromatic rings. The van der Waals surface area contributed by atoms with Crippen molar-refractivity contribution in [2.45, 2.75) is 40.5 Å². The second-order valence-corrected chi connectivity index (χ2v) is 6.21. The van der Waals surface area contributed by atoms with E-state index in [9.17, 15) is 9.90 Å². The SMILES string of the molecule is Cc1cc(C)nc(/N=C(/N)C2=C(O)CC(C)(C)CC2=O)n1. The first-order valence-corrected chi connectivity index (χ1v) is 6.80. The molecule has 3 N–H and O–H groups in total. The van der Waals surface area contributed by atoms with Crippen LogP contribution in [0.15, 0.2) is 22.4 Å². The molecule has 2 rings (SSSR count). The Morgan fingerprint density at radius 2 is 1.86 bits per heavy atom. The highest BCUT2D eigenvalue weighted by molar-refractivity contribution is 6.22. The van der Waals surface area contributed by atoms with Crippen LogP contribution in [0.3, 0.4) is 0 Å². The number of rotatable bonds is 2. The van der Waals surface area contributed by atoms with Gasteiger partial charge in [0.1, 0.15) is 11.6 Å². The van der Waals surface area contributed by atoms with Gasteiger partial charge in [-0.15, -0.1) is 0 Å². The van der Waals surface area contributed by atoms with Gasteiger partial charge in [0.15, 0.2) is 5.78 Å². The third-order valence-corrected chi connectivity index (χ3v) is 3.30. The molecular formula is C15H20N4O2. The van der Waals surface area contributed by atoms with Crippen molar-refractivity contribution in [2.24, 2.45) is 16.1 Å². The Bertz CT molecular complexity index is 639. The Balaban J connectivity index is 2.41. The fourth-order valence-electron chi connectivity index (χ4n) is 2.50. The molecule has 0 radical (unpaired) electrons. The van der Waals surface area contributed by atoms with Gasteiger partial charge in [-0.25, -0.2) is 9.97 Å². The molecule has 1 aliphatic carbocycles. The molecule has 0 saturated heterocycles. The largest absolute Gasteiger partial charge is 0.511 e. The molecule has 1 aliphatic rings. The molecule has 112 valence electrons. The van der Waals surface area contributed by atoms with Gasteiger partial charge in [0.2, 0.25) is 0 Å². The number of nitrogens with zero attached hydrogens (tertiary/aromatic N) is 3. The van der Waals surface area contributed by atoms with E-state index in [0.717, 1.165) is 11.4 Å². The highest BCUT2D eigenvalue weighted by atomic mass is 16.3. The minimum atomic E-state index is -0.263. The van der Waals surface area contributed by atoms with Crippen molar-refractivity contribution in [3.8, 4) is 0 Å². The van der Waals surface area contributed by atoms with Crippen LogP contribution in [-0.2, 0) is 4.79 Å². The maximum absolute atomic E-state index is 12.2. The van der Waals surface area contributed by atoms with Gasteiger partial charge in [0.25, 0.3) is 5.95 Å². The smallest absolute Gasteiger partial charge is 0.251 e. The van der Waals surface area contributed by atoms with Crippen molar-refractivity contribution >= 4 is 17.6 Å².